The van der Waals surface area contributed by atoms with Crippen molar-refractivity contribution in [2.75, 3.05) is 13.1 Å². The summed E-state index contributed by atoms with van der Waals surface area (Å²) in [4.78, 5) is 24.8. The summed E-state index contributed by atoms with van der Waals surface area (Å²) < 4.78 is 27.3. The summed E-state index contributed by atoms with van der Waals surface area (Å²) in [6.07, 6.45) is 1.58. The van der Waals surface area contributed by atoms with Gasteiger partial charge in [-0.1, -0.05) is 11.6 Å². The molecule has 0 bridgehead atoms. The van der Waals surface area contributed by atoms with Crippen molar-refractivity contribution in [1.29, 1.82) is 0 Å². The second-order valence-electron chi connectivity index (χ2n) is 5.93. The highest BCUT2D eigenvalue weighted by Crippen LogP contribution is 2.17. The van der Waals surface area contributed by atoms with Gasteiger partial charge in [0.1, 0.15) is 5.78 Å². The number of amides is 1. The van der Waals surface area contributed by atoms with Crippen LogP contribution in [0.2, 0.25) is 5.02 Å². The number of nitrogens with zero attached hydrogens (tertiary/aromatic N) is 1. The zero-order chi connectivity index (χ0) is 17.7. The first-order valence-electron chi connectivity index (χ1n) is 7.83. The second kappa shape index (κ2) is 8.09. The van der Waals surface area contributed by atoms with Crippen molar-refractivity contribution >= 4 is 33.3 Å². The van der Waals surface area contributed by atoms with Crippen LogP contribution >= 0.6 is 11.6 Å². The number of hydrogen-bond donors (Lipinski definition) is 1. The maximum absolute atomic E-state index is 12.3. The minimum absolute atomic E-state index is 0.00559. The van der Waals surface area contributed by atoms with Crippen LogP contribution in [0.3, 0.4) is 0 Å². The van der Waals surface area contributed by atoms with E-state index in [4.69, 9.17) is 11.6 Å². The van der Waals surface area contributed by atoms with Crippen molar-refractivity contribution in [1.82, 2.24) is 9.62 Å². The van der Waals surface area contributed by atoms with Gasteiger partial charge in [-0.15, -0.1) is 0 Å². The maximum atomic E-state index is 12.3. The van der Waals surface area contributed by atoms with Crippen LogP contribution in [0, 0.1) is 0 Å². The van der Waals surface area contributed by atoms with Gasteiger partial charge in [-0.05, 0) is 44.0 Å². The summed E-state index contributed by atoms with van der Waals surface area (Å²) in [5.41, 5.74) is 0. The largest absolute Gasteiger partial charge is 0.343 e. The van der Waals surface area contributed by atoms with Gasteiger partial charge >= 0.3 is 0 Å². The van der Waals surface area contributed by atoms with E-state index in [2.05, 4.69) is 4.72 Å². The Balaban J connectivity index is 1.87. The van der Waals surface area contributed by atoms with E-state index in [0.717, 1.165) is 0 Å². The molecule has 0 saturated carbocycles. The highest BCUT2D eigenvalue weighted by Gasteiger charge is 2.26. The van der Waals surface area contributed by atoms with E-state index in [1.165, 1.54) is 31.2 Å². The van der Waals surface area contributed by atoms with E-state index < -0.39 is 10.0 Å². The van der Waals surface area contributed by atoms with Crippen LogP contribution in [0.15, 0.2) is 29.2 Å². The van der Waals surface area contributed by atoms with Crippen LogP contribution in [0.4, 0.5) is 0 Å². The molecule has 1 amide bonds. The predicted molar refractivity (Wildman–Crippen MR) is 91.3 cm³/mol. The van der Waals surface area contributed by atoms with Gasteiger partial charge in [0, 0.05) is 37.0 Å². The molecule has 1 saturated heterocycles. The molecule has 1 heterocycles. The molecule has 1 aliphatic heterocycles. The smallest absolute Gasteiger partial charge is 0.240 e. The molecular formula is C16H21ClN2O4S. The van der Waals surface area contributed by atoms with Crippen LogP contribution in [-0.4, -0.2) is 44.1 Å². The third kappa shape index (κ3) is 5.29. The van der Waals surface area contributed by atoms with Gasteiger partial charge in [0.2, 0.25) is 15.9 Å². The number of benzene rings is 1. The average molecular weight is 373 g/mol. The molecule has 6 nitrogen and oxygen atoms in total. The standard InChI is InChI=1S/C16H21ClN2O4S/c1-12(20)2-7-16(21)19-10-8-14(9-11-19)18-24(22,23)15-5-3-13(17)4-6-15/h3-6,14,18H,2,7-11H2,1H3. The zero-order valence-corrected chi connectivity index (χ0v) is 15.1. The van der Waals surface area contributed by atoms with Crippen molar-refractivity contribution in [3.63, 3.8) is 0 Å². The van der Waals surface area contributed by atoms with Gasteiger partial charge in [-0.2, -0.15) is 0 Å². The minimum Gasteiger partial charge on any atom is -0.343 e. The molecule has 0 spiro atoms. The van der Waals surface area contributed by atoms with Crippen molar-refractivity contribution in [2.24, 2.45) is 0 Å². The van der Waals surface area contributed by atoms with Gasteiger partial charge in [0.15, 0.2) is 0 Å². The number of halogens is 1. The lowest BCUT2D eigenvalue weighted by Gasteiger charge is -2.32. The third-order valence-electron chi connectivity index (χ3n) is 3.98. The Morgan fingerprint density at radius 3 is 2.29 bits per heavy atom. The third-order valence-corrected chi connectivity index (χ3v) is 5.77. The number of sulfonamides is 1. The quantitative estimate of drug-likeness (QED) is 0.827. The molecule has 1 aliphatic rings. The van der Waals surface area contributed by atoms with Crippen LogP contribution in [0.25, 0.3) is 0 Å². The Labute approximate surface area is 147 Å². The number of likely N-dealkylation sites (tertiary alicyclic amines) is 1. The zero-order valence-electron chi connectivity index (χ0n) is 13.5. The first-order valence-corrected chi connectivity index (χ1v) is 9.69. The summed E-state index contributed by atoms with van der Waals surface area (Å²) in [6, 6.07) is 5.79. The molecule has 24 heavy (non-hydrogen) atoms. The van der Waals surface area contributed by atoms with Crippen LogP contribution in [-0.2, 0) is 19.6 Å². The molecule has 0 aromatic heterocycles. The van der Waals surface area contributed by atoms with Crippen LogP contribution in [0.5, 0.6) is 0 Å². The van der Waals surface area contributed by atoms with Crippen LogP contribution < -0.4 is 4.72 Å². The molecule has 8 heteroatoms. The summed E-state index contributed by atoms with van der Waals surface area (Å²) in [6.45, 7) is 2.44. The van der Waals surface area contributed by atoms with E-state index in [1.807, 2.05) is 0 Å². The molecule has 0 atom stereocenters. The number of carbonyl (C=O) groups is 2. The lowest BCUT2D eigenvalue weighted by Crippen LogP contribution is -2.46. The highest BCUT2D eigenvalue weighted by atomic mass is 35.5. The lowest BCUT2D eigenvalue weighted by atomic mass is 10.1. The van der Waals surface area contributed by atoms with Crippen molar-refractivity contribution < 1.29 is 18.0 Å². The SMILES string of the molecule is CC(=O)CCC(=O)N1CCC(NS(=O)(=O)c2ccc(Cl)cc2)CC1. The number of ketones is 1. The van der Waals surface area contributed by atoms with Gasteiger partial charge < -0.3 is 9.69 Å². The van der Waals surface area contributed by atoms with Crippen molar-refractivity contribution in [3.8, 4) is 0 Å². The van der Waals surface area contributed by atoms with Gasteiger partial charge in [-0.25, -0.2) is 13.1 Å². The first-order chi connectivity index (χ1) is 11.3. The predicted octanol–water partition coefficient (Wildman–Crippen LogP) is 1.98. The summed E-state index contributed by atoms with van der Waals surface area (Å²) >= 11 is 5.77. The Kier molecular flexibility index (Phi) is 6.37. The van der Waals surface area contributed by atoms with E-state index in [9.17, 15) is 18.0 Å². The molecule has 1 fully saturated rings. The second-order valence-corrected chi connectivity index (χ2v) is 8.08. The molecule has 1 N–H and O–H groups in total. The topological polar surface area (TPSA) is 83.6 Å². The summed E-state index contributed by atoms with van der Waals surface area (Å²) in [5, 5.41) is 0.478. The number of hydrogen-bond acceptors (Lipinski definition) is 4. The first kappa shape index (κ1) is 18.9. The monoisotopic (exact) mass is 372 g/mol. The van der Waals surface area contributed by atoms with E-state index >= 15 is 0 Å². The van der Waals surface area contributed by atoms with Gasteiger partial charge in [0.05, 0.1) is 4.90 Å². The fourth-order valence-electron chi connectivity index (χ4n) is 2.59. The molecule has 0 aliphatic carbocycles. The number of piperidine rings is 1. The minimum atomic E-state index is -3.59. The number of carbonyl (C=O) groups excluding carboxylic acids is 2. The average Bonchev–Trinajstić information content (AvgIpc) is 2.53. The highest BCUT2D eigenvalue weighted by molar-refractivity contribution is 7.89. The Morgan fingerprint density at radius 1 is 1.17 bits per heavy atom. The molecule has 0 unspecified atom stereocenters. The van der Waals surface area contributed by atoms with Gasteiger partial charge in [0.25, 0.3) is 0 Å². The normalized spacial score (nSPS) is 16.2. The summed E-state index contributed by atoms with van der Waals surface area (Å²) in [5.74, 6) is -0.0573. The number of Topliss-reactive ketones (excluding diaryl/α,β-unsaturated/α-hetero) is 1. The van der Waals surface area contributed by atoms with Crippen molar-refractivity contribution in [3.05, 3.63) is 29.3 Å². The fraction of sp³-hybridized carbons (Fsp3) is 0.500. The van der Waals surface area contributed by atoms with E-state index in [0.29, 0.717) is 31.0 Å². The molecule has 1 aromatic carbocycles. The molecule has 1 aromatic rings. The Bertz CT molecular complexity index is 695. The summed E-state index contributed by atoms with van der Waals surface area (Å²) in [7, 11) is -3.59. The molecule has 132 valence electrons. The Hall–Kier alpha value is -1.44. The number of rotatable bonds is 6. The molecular weight excluding hydrogens is 352 g/mol. The van der Waals surface area contributed by atoms with Crippen LogP contribution in [0.1, 0.15) is 32.6 Å². The molecule has 2 rings (SSSR count). The van der Waals surface area contributed by atoms with Crippen molar-refractivity contribution in [2.45, 2.75) is 43.5 Å². The Morgan fingerprint density at radius 2 is 1.75 bits per heavy atom. The molecule has 0 radical (unpaired) electrons. The van der Waals surface area contributed by atoms with E-state index in [-0.39, 0.29) is 35.5 Å². The fourth-order valence-corrected chi connectivity index (χ4v) is 4.02. The maximum Gasteiger partial charge on any atom is 0.240 e. The lowest BCUT2D eigenvalue weighted by molar-refractivity contribution is -0.133. The van der Waals surface area contributed by atoms with Gasteiger partial charge in [-0.3, -0.25) is 4.79 Å². The number of nitrogens with one attached hydrogen (secondary N) is 1. The van der Waals surface area contributed by atoms with E-state index in [1.54, 1.807) is 4.90 Å².